The molecule has 3 aromatic rings. The maximum Gasteiger partial charge on any atom is 0.185 e. The van der Waals surface area contributed by atoms with Crippen LogP contribution in [0.15, 0.2) is 53.1 Å². The van der Waals surface area contributed by atoms with Gasteiger partial charge in [0.05, 0.1) is 0 Å². The van der Waals surface area contributed by atoms with Gasteiger partial charge in [0.15, 0.2) is 5.78 Å². The minimum absolute atomic E-state index is 0.0475. The van der Waals surface area contributed by atoms with Crippen LogP contribution in [0.25, 0.3) is 17.0 Å². The zero-order valence-electron chi connectivity index (χ0n) is 16.9. The normalized spacial score (nSPS) is 17.8. The summed E-state index contributed by atoms with van der Waals surface area (Å²) >= 11 is 3.52. The molecule has 2 aromatic carbocycles. The molecule has 0 saturated heterocycles. The number of aromatic amines is 1. The van der Waals surface area contributed by atoms with Gasteiger partial charge in [0.25, 0.3) is 0 Å². The van der Waals surface area contributed by atoms with Gasteiger partial charge in [0.1, 0.15) is 0 Å². The highest BCUT2D eigenvalue weighted by Gasteiger charge is 2.37. The number of ketones is 1. The van der Waals surface area contributed by atoms with Crippen molar-refractivity contribution in [3.63, 3.8) is 0 Å². The van der Waals surface area contributed by atoms with Crippen molar-refractivity contribution in [3.8, 4) is 0 Å². The smallest absolute Gasteiger partial charge is 0.185 e. The standard InChI is InChI=1S/C25H26BrNO/c1-24(2)11-12-25(3,4)21-13-16(5-8-20(21)24)23(28)10-6-17-15-27-22-9-7-18(26)14-19(17)22/h5-10,13-15,27H,11-12H2,1-4H3/b10-6+. The molecule has 1 N–H and O–H groups in total. The first-order valence-corrected chi connectivity index (χ1v) is 10.6. The summed E-state index contributed by atoms with van der Waals surface area (Å²) in [5, 5.41) is 1.10. The summed E-state index contributed by atoms with van der Waals surface area (Å²) in [6, 6.07) is 12.4. The summed E-state index contributed by atoms with van der Waals surface area (Å²) in [5.41, 5.74) is 5.82. The van der Waals surface area contributed by atoms with Crippen LogP contribution in [0, 0.1) is 0 Å². The quantitative estimate of drug-likeness (QED) is 0.343. The highest BCUT2D eigenvalue weighted by Crippen LogP contribution is 2.45. The van der Waals surface area contributed by atoms with Crippen LogP contribution in [-0.4, -0.2) is 10.8 Å². The van der Waals surface area contributed by atoms with Crippen LogP contribution in [0.4, 0.5) is 0 Å². The molecule has 2 nitrogen and oxygen atoms in total. The summed E-state index contributed by atoms with van der Waals surface area (Å²) in [6.45, 7) is 9.18. The Morgan fingerprint density at radius 3 is 2.46 bits per heavy atom. The minimum atomic E-state index is 0.0475. The van der Waals surface area contributed by atoms with Crippen LogP contribution in [0.2, 0.25) is 0 Å². The number of fused-ring (bicyclic) bond motifs is 2. The summed E-state index contributed by atoms with van der Waals surface area (Å²) in [6.07, 6.45) is 7.86. The third-order valence-corrected chi connectivity index (χ3v) is 6.72. The predicted octanol–water partition coefficient (Wildman–Crippen LogP) is 7.18. The van der Waals surface area contributed by atoms with Crippen molar-refractivity contribution in [1.29, 1.82) is 0 Å². The Bertz CT molecular complexity index is 1100. The molecule has 1 heterocycles. The Balaban J connectivity index is 1.67. The van der Waals surface area contributed by atoms with Gasteiger partial charge < -0.3 is 4.98 Å². The van der Waals surface area contributed by atoms with Crippen LogP contribution < -0.4 is 0 Å². The Morgan fingerprint density at radius 1 is 1.00 bits per heavy atom. The molecule has 1 aliphatic carbocycles. The van der Waals surface area contributed by atoms with Gasteiger partial charge in [-0.3, -0.25) is 4.79 Å². The first kappa shape index (κ1) is 19.2. The van der Waals surface area contributed by atoms with E-state index in [1.165, 1.54) is 17.5 Å². The number of rotatable bonds is 3. The first-order valence-electron chi connectivity index (χ1n) is 9.81. The van der Waals surface area contributed by atoms with E-state index < -0.39 is 0 Å². The zero-order chi connectivity index (χ0) is 20.1. The molecule has 0 atom stereocenters. The monoisotopic (exact) mass is 435 g/mol. The Kier molecular flexibility index (Phi) is 4.62. The molecule has 1 aromatic heterocycles. The van der Waals surface area contributed by atoms with Crippen molar-refractivity contribution in [2.75, 3.05) is 0 Å². The van der Waals surface area contributed by atoms with Gasteiger partial charge in [-0.05, 0) is 76.8 Å². The number of nitrogens with one attached hydrogen (secondary N) is 1. The molecule has 0 aliphatic heterocycles. The zero-order valence-corrected chi connectivity index (χ0v) is 18.5. The van der Waals surface area contributed by atoms with E-state index in [2.05, 4.69) is 66.8 Å². The van der Waals surface area contributed by atoms with Gasteiger partial charge in [0.2, 0.25) is 0 Å². The highest BCUT2D eigenvalue weighted by atomic mass is 79.9. The van der Waals surface area contributed by atoms with Gasteiger partial charge in [-0.25, -0.2) is 0 Å². The third-order valence-electron chi connectivity index (χ3n) is 6.23. The van der Waals surface area contributed by atoms with Gasteiger partial charge in [0, 0.05) is 27.1 Å². The van der Waals surface area contributed by atoms with E-state index in [9.17, 15) is 4.79 Å². The fourth-order valence-corrected chi connectivity index (χ4v) is 4.62. The SMILES string of the molecule is CC1(C)CCC(C)(C)c2cc(C(=O)/C=C/c3c[nH]c4ccc(Br)cc34)ccc21. The van der Waals surface area contributed by atoms with Gasteiger partial charge >= 0.3 is 0 Å². The lowest BCUT2D eigenvalue weighted by Gasteiger charge is -2.42. The number of allylic oxidation sites excluding steroid dienone is 1. The Morgan fingerprint density at radius 2 is 1.71 bits per heavy atom. The van der Waals surface area contributed by atoms with E-state index >= 15 is 0 Å². The molecular weight excluding hydrogens is 410 g/mol. The maximum absolute atomic E-state index is 12.9. The van der Waals surface area contributed by atoms with E-state index in [-0.39, 0.29) is 16.6 Å². The maximum atomic E-state index is 12.9. The molecule has 0 bridgehead atoms. The molecule has 3 heteroatoms. The second kappa shape index (κ2) is 6.73. The number of benzene rings is 2. The second-order valence-electron chi connectivity index (χ2n) is 9.16. The summed E-state index contributed by atoms with van der Waals surface area (Å²) in [5.74, 6) is 0.0475. The van der Waals surface area contributed by atoms with Crippen LogP contribution in [-0.2, 0) is 10.8 Å². The van der Waals surface area contributed by atoms with E-state index in [0.717, 1.165) is 32.9 Å². The number of halogens is 1. The molecule has 4 rings (SSSR count). The molecule has 1 aliphatic rings. The molecule has 0 unspecified atom stereocenters. The molecule has 0 radical (unpaired) electrons. The van der Waals surface area contributed by atoms with Crippen LogP contribution in [0.5, 0.6) is 0 Å². The molecule has 0 amide bonds. The number of H-pyrrole nitrogens is 1. The predicted molar refractivity (Wildman–Crippen MR) is 121 cm³/mol. The van der Waals surface area contributed by atoms with E-state index in [1.807, 2.05) is 30.5 Å². The van der Waals surface area contributed by atoms with Crippen molar-refractivity contribution in [2.24, 2.45) is 0 Å². The summed E-state index contributed by atoms with van der Waals surface area (Å²) in [4.78, 5) is 16.2. The Hall–Kier alpha value is -2.13. The highest BCUT2D eigenvalue weighted by molar-refractivity contribution is 9.10. The Labute approximate surface area is 175 Å². The van der Waals surface area contributed by atoms with Gasteiger partial charge in [-0.15, -0.1) is 0 Å². The van der Waals surface area contributed by atoms with E-state index in [4.69, 9.17) is 0 Å². The molecule has 144 valence electrons. The average molecular weight is 436 g/mol. The van der Waals surface area contributed by atoms with Crippen LogP contribution >= 0.6 is 15.9 Å². The lowest BCUT2D eigenvalue weighted by Crippen LogP contribution is -2.34. The lowest BCUT2D eigenvalue weighted by atomic mass is 9.63. The topological polar surface area (TPSA) is 32.9 Å². The molecule has 0 saturated carbocycles. The number of aromatic nitrogens is 1. The molecule has 0 spiro atoms. The first-order chi connectivity index (χ1) is 13.2. The minimum Gasteiger partial charge on any atom is -0.361 e. The van der Waals surface area contributed by atoms with Crippen LogP contribution in [0.1, 0.15) is 67.6 Å². The van der Waals surface area contributed by atoms with E-state index in [0.29, 0.717) is 0 Å². The second-order valence-corrected chi connectivity index (χ2v) is 10.1. The lowest BCUT2D eigenvalue weighted by molar-refractivity contribution is 0.104. The summed E-state index contributed by atoms with van der Waals surface area (Å²) in [7, 11) is 0. The van der Waals surface area contributed by atoms with Crippen LogP contribution in [0.3, 0.4) is 0 Å². The molecular formula is C25H26BrNO. The number of carbonyl (C=O) groups is 1. The van der Waals surface area contributed by atoms with Crippen molar-refractivity contribution in [3.05, 3.63) is 75.4 Å². The van der Waals surface area contributed by atoms with Gasteiger partial charge in [-0.2, -0.15) is 0 Å². The molecule has 0 fully saturated rings. The summed E-state index contributed by atoms with van der Waals surface area (Å²) < 4.78 is 1.03. The third kappa shape index (κ3) is 3.37. The van der Waals surface area contributed by atoms with Crippen molar-refractivity contribution in [1.82, 2.24) is 4.98 Å². The number of hydrogen-bond acceptors (Lipinski definition) is 1. The number of carbonyl (C=O) groups excluding carboxylic acids is 1. The molecule has 28 heavy (non-hydrogen) atoms. The van der Waals surface area contributed by atoms with Crippen molar-refractivity contribution >= 4 is 38.7 Å². The number of hydrogen-bond donors (Lipinski definition) is 1. The van der Waals surface area contributed by atoms with Crippen molar-refractivity contribution in [2.45, 2.75) is 51.4 Å². The largest absolute Gasteiger partial charge is 0.361 e. The average Bonchev–Trinajstić information content (AvgIpc) is 3.05. The van der Waals surface area contributed by atoms with E-state index in [1.54, 1.807) is 6.08 Å². The van der Waals surface area contributed by atoms with Gasteiger partial charge in [-0.1, -0.05) is 55.8 Å². The van der Waals surface area contributed by atoms with Crippen molar-refractivity contribution < 1.29 is 4.79 Å². The fraction of sp³-hybridized carbons (Fsp3) is 0.320. The fourth-order valence-electron chi connectivity index (χ4n) is 4.26.